The molecule has 0 aliphatic heterocycles. The number of rotatable bonds is 2. The van der Waals surface area contributed by atoms with Gasteiger partial charge in [-0.25, -0.2) is 0 Å². The molecule has 2 nitrogen and oxygen atoms in total. The second-order valence-corrected chi connectivity index (χ2v) is 5.19. The molecule has 0 bridgehead atoms. The molecule has 0 radical (unpaired) electrons. The fourth-order valence-corrected chi connectivity index (χ4v) is 2.80. The Hall–Kier alpha value is -2.31. The third-order valence-electron chi connectivity index (χ3n) is 2.80. The van der Waals surface area contributed by atoms with Crippen molar-refractivity contribution in [2.24, 2.45) is 0 Å². The standard InChI is InChI=1S/C16H10N2S/c17-10-13-6-2-4-8-16(13)19-14-9-12-5-1-3-7-15(12)18-11-14/h1-9,11H. The van der Waals surface area contributed by atoms with Crippen molar-refractivity contribution in [2.75, 3.05) is 0 Å². The fraction of sp³-hybridized carbons (Fsp3) is 0. The molecule has 3 heteroatoms. The van der Waals surface area contributed by atoms with Crippen LogP contribution in [0.3, 0.4) is 0 Å². The van der Waals surface area contributed by atoms with Gasteiger partial charge in [0.2, 0.25) is 0 Å². The van der Waals surface area contributed by atoms with Crippen LogP contribution < -0.4 is 0 Å². The summed E-state index contributed by atoms with van der Waals surface area (Å²) in [5.41, 5.74) is 1.68. The maximum absolute atomic E-state index is 9.09. The van der Waals surface area contributed by atoms with E-state index < -0.39 is 0 Å². The summed E-state index contributed by atoms with van der Waals surface area (Å²) in [5.74, 6) is 0. The van der Waals surface area contributed by atoms with Crippen LogP contribution in [0, 0.1) is 11.3 Å². The summed E-state index contributed by atoms with van der Waals surface area (Å²) < 4.78 is 0. The van der Waals surface area contributed by atoms with Crippen molar-refractivity contribution in [3.8, 4) is 6.07 Å². The molecule has 19 heavy (non-hydrogen) atoms. The molecule has 2 aromatic carbocycles. The van der Waals surface area contributed by atoms with Crippen LogP contribution >= 0.6 is 11.8 Å². The van der Waals surface area contributed by atoms with Crippen molar-refractivity contribution in [1.29, 1.82) is 5.26 Å². The van der Waals surface area contributed by atoms with Crippen LogP contribution in [0.5, 0.6) is 0 Å². The fourth-order valence-electron chi connectivity index (χ4n) is 1.88. The molecular formula is C16H10N2S. The van der Waals surface area contributed by atoms with E-state index in [4.69, 9.17) is 5.26 Å². The Labute approximate surface area is 115 Å². The van der Waals surface area contributed by atoms with Crippen LogP contribution in [0.15, 0.2) is 70.6 Å². The van der Waals surface area contributed by atoms with Gasteiger partial charge in [-0.2, -0.15) is 5.26 Å². The quantitative estimate of drug-likeness (QED) is 0.692. The summed E-state index contributed by atoms with van der Waals surface area (Å²) in [6, 6.07) is 19.9. The zero-order valence-electron chi connectivity index (χ0n) is 10.1. The van der Waals surface area contributed by atoms with Gasteiger partial charge in [-0.3, -0.25) is 4.98 Å². The molecule has 0 N–H and O–H groups in total. The van der Waals surface area contributed by atoms with Crippen LogP contribution in [-0.4, -0.2) is 4.98 Å². The van der Waals surface area contributed by atoms with Gasteiger partial charge in [0.05, 0.1) is 11.1 Å². The van der Waals surface area contributed by atoms with Gasteiger partial charge in [-0.05, 0) is 24.3 Å². The zero-order chi connectivity index (χ0) is 13.1. The third kappa shape index (κ3) is 2.44. The van der Waals surface area contributed by atoms with Crippen LogP contribution in [0.2, 0.25) is 0 Å². The average Bonchev–Trinajstić information content (AvgIpc) is 2.48. The monoisotopic (exact) mass is 262 g/mol. The van der Waals surface area contributed by atoms with Crippen molar-refractivity contribution in [3.63, 3.8) is 0 Å². The molecular weight excluding hydrogens is 252 g/mol. The van der Waals surface area contributed by atoms with E-state index in [1.165, 1.54) is 0 Å². The number of pyridine rings is 1. The lowest BCUT2D eigenvalue weighted by atomic mass is 10.2. The highest BCUT2D eigenvalue weighted by Gasteiger charge is 2.04. The molecule has 90 valence electrons. The summed E-state index contributed by atoms with van der Waals surface area (Å²) in [7, 11) is 0. The summed E-state index contributed by atoms with van der Waals surface area (Å²) in [6.07, 6.45) is 1.85. The minimum Gasteiger partial charge on any atom is -0.255 e. The number of hydrogen-bond acceptors (Lipinski definition) is 3. The Kier molecular flexibility index (Phi) is 3.18. The van der Waals surface area contributed by atoms with E-state index >= 15 is 0 Å². The SMILES string of the molecule is N#Cc1ccccc1Sc1cnc2ccccc2c1. The first-order valence-electron chi connectivity index (χ1n) is 5.88. The van der Waals surface area contributed by atoms with Crippen molar-refractivity contribution in [3.05, 3.63) is 66.4 Å². The molecule has 1 heterocycles. The second kappa shape index (κ2) is 5.13. The molecule has 3 aromatic rings. The van der Waals surface area contributed by atoms with Crippen molar-refractivity contribution >= 4 is 22.7 Å². The van der Waals surface area contributed by atoms with Crippen molar-refractivity contribution in [1.82, 2.24) is 4.98 Å². The normalized spacial score (nSPS) is 10.3. The first-order valence-corrected chi connectivity index (χ1v) is 6.70. The van der Waals surface area contributed by atoms with E-state index in [0.717, 1.165) is 20.7 Å². The topological polar surface area (TPSA) is 36.7 Å². The molecule has 0 fully saturated rings. The molecule has 0 atom stereocenters. The van der Waals surface area contributed by atoms with Gasteiger partial charge in [0, 0.05) is 21.4 Å². The lowest BCUT2D eigenvalue weighted by Crippen LogP contribution is -1.83. The van der Waals surface area contributed by atoms with Gasteiger partial charge in [-0.1, -0.05) is 42.1 Å². The third-order valence-corrected chi connectivity index (χ3v) is 3.84. The highest BCUT2D eigenvalue weighted by atomic mass is 32.2. The molecule has 1 aromatic heterocycles. The molecule has 3 rings (SSSR count). The predicted octanol–water partition coefficient (Wildman–Crippen LogP) is 4.26. The molecule has 0 saturated carbocycles. The van der Waals surface area contributed by atoms with E-state index in [1.807, 2.05) is 54.7 Å². The van der Waals surface area contributed by atoms with Gasteiger partial charge < -0.3 is 0 Å². The average molecular weight is 262 g/mol. The number of nitrogens with zero attached hydrogens (tertiary/aromatic N) is 2. The smallest absolute Gasteiger partial charge is 0.100 e. The van der Waals surface area contributed by atoms with Gasteiger partial charge in [0.25, 0.3) is 0 Å². The van der Waals surface area contributed by atoms with Crippen LogP contribution in [0.4, 0.5) is 0 Å². The highest BCUT2D eigenvalue weighted by molar-refractivity contribution is 7.99. The van der Waals surface area contributed by atoms with Crippen molar-refractivity contribution in [2.45, 2.75) is 9.79 Å². The Morgan fingerprint density at radius 1 is 1.00 bits per heavy atom. The summed E-state index contributed by atoms with van der Waals surface area (Å²) >= 11 is 1.57. The number of hydrogen-bond donors (Lipinski definition) is 0. The molecule has 0 amide bonds. The number of aromatic nitrogens is 1. The van der Waals surface area contributed by atoms with E-state index in [2.05, 4.69) is 17.1 Å². The van der Waals surface area contributed by atoms with E-state index in [1.54, 1.807) is 11.8 Å². The number of para-hydroxylation sites is 1. The summed E-state index contributed by atoms with van der Waals surface area (Å²) in [5, 5.41) is 10.2. The van der Waals surface area contributed by atoms with E-state index in [9.17, 15) is 0 Å². The van der Waals surface area contributed by atoms with Crippen LogP contribution in [0.25, 0.3) is 10.9 Å². The first kappa shape index (κ1) is 11.8. The minimum atomic E-state index is 0.695. The van der Waals surface area contributed by atoms with Crippen molar-refractivity contribution < 1.29 is 0 Å². The van der Waals surface area contributed by atoms with Gasteiger partial charge in [0.1, 0.15) is 6.07 Å². The molecule has 0 saturated heterocycles. The molecule has 0 aliphatic rings. The lowest BCUT2D eigenvalue weighted by Gasteiger charge is -2.04. The summed E-state index contributed by atoms with van der Waals surface area (Å²) in [6.45, 7) is 0. The number of fused-ring (bicyclic) bond motifs is 1. The molecule has 0 aliphatic carbocycles. The molecule has 0 unspecified atom stereocenters. The van der Waals surface area contributed by atoms with Crippen LogP contribution in [0.1, 0.15) is 5.56 Å². The Balaban J connectivity index is 1.99. The largest absolute Gasteiger partial charge is 0.255 e. The summed E-state index contributed by atoms with van der Waals surface area (Å²) in [4.78, 5) is 6.43. The predicted molar refractivity (Wildman–Crippen MR) is 77.0 cm³/mol. The number of benzene rings is 2. The van der Waals surface area contributed by atoms with E-state index in [-0.39, 0.29) is 0 Å². The maximum Gasteiger partial charge on any atom is 0.100 e. The zero-order valence-corrected chi connectivity index (χ0v) is 10.9. The number of nitriles is 1. The second-order valence-electron chi connectivity index (χ2n) is 4.07. The maximum atomic E-state index is 9.09. The van der Waals surface area contributed by atoms with E-state index in [0.29, 0.717) is 5.56 Å². The lowest BCUT2D eigenvalue weighted by molar-refractivity contribution is 1.29. The van der Waals surface area contributed by atoms with Gasteiger partial charge >= 0.3 is 0 Å². The highest BCUT2D eigenvalue weighted by Crippen LogP contribution is 2.31. The van der Waals surface area contributed by atoms with Gasteiger partial charge in [-0.15, -0.1) is 0 Å². The Morgan fingerprint density at radius 3 is 2.68 bits per heavy atom. The minimum absolute atomic E-state index is 0.695. The first-order chi connectivity index (χ1) is 9.36. The molecule has 0 spiro atoms. The Morgan fingerprint density at radius 2 is 1.79 bits per heavy atom. The van der Waals surface area contributed by atoms with Crippen LogP contribution in [-0.2, 0) is 0 Å². The van der Waals surface area contributed by atoms with Gasteiger partial charge in [0.15, 0.2) is 0 Å². The Bertz CT molecular complexity index is 775.